The Labute approximate surface area is 275 Å². The van der Waals surface area contributed by atoms with Crippen LogP contribution in [0.4, 0.5) is 0 Å². The summed E-state index contributed by atoms with van der Waals surface area (Å²) in [5.41, 5.74) is 1.61. The molecule has 0 aromatic carbocycles. The highest BCUT2D eigenvalue weighted by Gasteiger charge is 2.61. The van der Waals surface area contributed by atoms with E-state index < -0.39 is 0 Å². The monoisotopic (exact) mass is 626 g/mol. The highest BCUT2D eigenvalue weighted by molar-refractivity contribution is 5.94. The van der Waals surface area contributed by atoms with Gasteiger partial charge in [0.15, 0.2) is 5.78 Å². The van der Waals surface area contributed by atoms with Gasteiger partial charge in [0.25, 0.3) is 0 Å². The molecule has 0 spiro atoms. The highest BCUT2D eigenvalue weighted by Crippen LogP contribution is 2.66. The number of hydrogen-bond donors (Lipinski definition) is 1. The number of allylic oxidation sites excluding steroid dienone is 1. The standard InChI is InChI=1S/C40H66O5/c1-28(2)14-13-15-29(3)33-19-20-34-38-35(22-24-40(33,34)5)39(4)23-21-32(26-30(39)27-36(38)43)45-37(44)18-10-8-6-7-9-16-31(42)17-11-12-25-41/h25,27-29,31-35,38,42H,6-24,26H2,1-5H3. The van der Waals surface area contributed by atoms with Crippen LogP contribution in [-0.2, 0) is 19.1 Å². The molecule has 5 heteroatoms. The Morgan fingerprint density at radius 3 is 2.40 bits per heavy atom. The van der Waals surface area contributed by atoms with Crippen LogP contribution < -0.4 is 0 Å². The van der Waals surface area contributed by atoms with Gasteiger partial charge in [-0.2, -0.15) is 0 Å². The normalized spacial score (nSPS) is 34.0. The second-order valence-electron chi connectivity index (χ2n) is 16.7. The zero-order chi connectivity index (χ0) is 32.6. The Morgan fingerprint density at radius 2 is 1.64 bits per heavy atom. The fourth-order valence-electron chi connectivity index (χ4n) is 10.5. The lowest BCUT2D eigenvalue weighted by Crippen LogP contribution is -2.53. The molecule has 9 unspecified atom stereocenters. The number of hydrogen-bond acceptors (Lipinski definition) is 5. The summed E-state index contributed by atoms with van der Waals surface area (Å²) in [6, 6.07) is 0. The number of ketones is 1. The lowest BCUT2D eigenvalue weighted by atomic mass is 9.46. The third-order valence-corrected chi connectivity index (χ3v) is 13.2. The summed E-state index contributed by atoms with van der Waals surface area (Å²) in [5, 5.41) is 9.98. The molecule has 45 heavy (non-hydrogen) atoms. The SMILES string of the molecule is CC(C)CCCC(C)C1CCC2C3C(=O)C=C4CC(OC(=O)CCCCCCCC(O)CCCC=O)CCC4(C)C3CCC12C. The quantitative estimate of drug-likeness (QED) is 0.0931. The lowest BCUT2D eigenvalue weighted by molar-refractivity contribution is -0.152. The van der Waals surface area contributed by atoms with Crippen LogP contribution in [0.25, 0.3) is 0 Å². The number of carbonyl (C=O) groups excluding carboxylic acids is 3. The van der Waals surface area contributed by atoms with Crippen LogP contribution in [0.15, 0.2) is 11.6 Å². The number of unbranched alkanes of at least 4 members (excludes halogenated alkanes) is 5. The number of aliphatic hydroxyl groups is 1. The number of aliphatic hydroxyl groups excluding tert-OH is 1. The summed E-state index contributed by atoms with van der Waals surface area (Å²) in [4.78, 5) is 37.0. The van der Waals surface area contributed by atoms with Gasteiger partial charge in [-0.05, 0) is 111 Å². The molecule has 0 saturated heterocycles. The maximum Gasteiger partial charge on any atom is 0.306 e. The fraction of sp³-hybridized carbons (Fsp3) is 0.875. The molecule has 4 aliphatic carbocycles. The second-order valence-corrected chi connectivity index (χ2v) is 16.7. The van der Waals surface area contributed by atoms with Gasteiger partial charge in [0.05, 0.1) is 6.10 Å². The van der Waals surface area contributed by atoms with Gasteiger partial charge in [-0.15, -0.1) is 0 Å². The molecule has 4 aliphatic rings. The molecule has 4 rings (SSSR count). The van der Waals surface area contributed by atoms with Crippen molar-refractivity contribution in [2.45, 2.75) is 175 Å². The van der Waals surface area contributed by atoms with E-state index in [0.717, 1.165) is 94.7 Å². The molecule has 9 atom stereocenters. The molecule has 3 fully saturated rings. The van der Waals surface area contributed by atoms with Crippen molar-refractivity contribution in [3.63, 3.8) is 0 Å². The first-order chi connectivity index (χ1) is 21.5. The number of rotatable bonds is 18. The highest BCUT2D eigenvalue weighted by atomic mass is 16.5. The van der Waals surface area contributed by atoms with Crippen LogP contribution in [0, 0.1) is 46.3 Å². The van der Waals surface area contributed by atoms with E-state index in [1.807, 2.05) is 6.08 Å². The first-order valence-corrected chi connectivity index (χ1v) is 19.1. The van der Waals surface area contributed by atoms with Crippen molar-refractivity contribution in [2.24, 2.45) is 46.3 Å². The minimum atomic E-state index is -0.302. The van der Waals surface area contributed by atoms with Crippen molar-refractivity contribution < 1.29 is 24.2 Å². The molecular formula is C40H66O5. The lowest BCUT2D eigenvalue weighted by Gasteiger charge is -2.57. The molecule has 0 radical (unpaired) electrons. The number of carbonyl (C=O) groups is 3. The predicted octanol–water partition coefficient (Wildman–Crippen LogP) is 9.58. The molecule has 0 heterocycles. The number of ether oxygens (including phenoxy) is 1. The van der Waals surface area contributed by atoms with E-state index in [9.17, 15) is 19.5 Å². The Hall–Kier alpha value is -1.49. The van der Waals surface area contributed by atoms with Crippen LogP contribution in [0.3, 0.4) is 0 Å². The zero-order valence-corrected chi connectivity index (χ0v) is 29.5. The van der Waals surface area contributed by atoms with Crippen LogP contribution in [0.1, 0.15) is 163 Å². The summed E-state index contributed by atoms with van der Waals surface area (Å²) in [6.45, 7) is 12.1. The van der Waals surface area contributed by atoms with Gasteiger partial charge in [-0.3, -0.25) is 9.59 Å². The fourth-order valence-corrected chi connectivity index (χ4v) is 10.5. The van der Waals surface area contributed by atoms with Crippen LogP contribution in [-0.4, -0.2) is 35.4 Å². The van der Waals surface area contributed by atoms with Crippen molar-refractivity contribution in [3.8, 4) is 0 Å². The summed E-state index contributed by atoms with van der Waals surface area (Å²) in [6.07, 6.45) is 22.3. The zero-order valence-electron chi connectivity index (χ0n) is 29.5. The van der Waals surface area contributed by atoms with Crippen molar-refractivity contribution in [2.75, 3.05) is 0 Å². The Kier molecular flexibility index (Phi) is 13.4. The van der Waals surface area contributed by atoms with Gasteiger partial charge in [0, 0.05) is 25.2 Å². The minimum Gasteiger partial charge on any atom is -0.462 e. The molecule has 0 bridgehead atoms. The topological polar surface area (TPSA) is 80.7 Å². The van der Waals surface area contributed by atoms with Gasteiger partial charge in [-0.25, -0.2) is 0 Å². The van der Waals surface area contributed by atoms with Crippen molar-refractivity contribution >= 4 is 18.0 Å². The van der Waals surface area contributed by atoms with Crippen molar-refractivity contribution in [1.82, 2.24) is 0 Å². The van der Waals surface area contributed by atoms with Crippen LogP contribution in [0.2, 0.25) is 0 Å². The number of esters is 1. The Morgan fingerprint density at radius 1 is 0.911 bits per heavy atom. The molecule has 0 amide bonds. The van der Waals surface area contributed by atoms with Crippen molar-refractivity contribution in [1.29, 1.82) is 0 Å². The van der Waals surface area contributed by atoms with Gasteiger partial charge in [0.2, 0.25) is 0 Å². The van der Waals surface area contributed by atoms with E-state index in [4.69, 9.17) is 4.74 Å². The summed E-state index contributed by atoms with van der Waals surface area (Å²) in [5.74, 6) is 3.67. The average Bonchev–Trinajstić information content (AvgIpc) is 3.34. The summed E-state index contributed by atoms with van der Waals surface area (Å²) < 4.78 is 5.99. The molecule has 3 saturated carbocycles. The van der Waals surface area contributed by atoms with E-state index in [1.54, 1.807) is 0 Å². The van der Waals surface area contributed by atoms with E-state index in [0.29, 0.717) is 42.3 Å². The largest absolute Gasteiger partial charge is 0.462 e. The molecule has 0 aromatic heterocycles. The Bertz CT molecular complexity index is 1020. The number of fused-ring (bicyclic) bond motifs is 5. The van der Waals surface area contributed by atoms with E-state index in [-0.39, 0.29) is 29.5 Å². The summed E-state index contributed by atoms with van der Waals surface area (Å²) in [7, 11) is 0. The number of aldehydes is 1. The smallest absolute Gasteiger partial charge is 0.306 e. The first kappa shape index (κ1) is 36.3. The van der Waals surface area contributed by atoms with E-state index >= 15 is 0 Å². The van der Waals surface area contributed by atoms with Gasteiger partial charge < -0.3 is 14.6 Å². The third-order valence-electron chi connectivity index (χ3n) is 13.2. The maximum atomic E-state index is 13.9. The molecule has 256 valence electrons. The first-order valence-electron chi connectivity index (χ1n) is 19.1. The van der Waals surface area contributed by atoms with Crippen molar-refractivity contribution in [3.05, 3.63) is 11.6 Å². The second kappa shape index (κ2) is 16.6. The molecular weight excluding hydrogens is 560 g/mol. The molecule has 5 nitrogen and oxygen atoms in total. The minimum absolute atomic E-state index is 0.0614. The predicted molar refractivity (Wildman–Crippen MR) is 182 cm³/mol. The van der Waals surface area contributed by atoms with E-state index in [2.05, 4.69) is 34.6 Å². The van der Waals surface area contributed by atoms with Crippen LogP contribution in [0.5, 0.6) is 0 Å². The van der Waals surface area contributed by atoms with E-state index in [1.165, 1.54) is 44.1 Å². The average molecular weight is 627 g/mol. The van der Waals surface area contributed by atoms with Crippen LogP contribution >= 0.6 is 0 Å². The molecule has 0 aliphatic heterocycles. The Balaban J connectivity index is 1.23. The van der Waals surface area contributed by atoms with Gasteiger partial charge in [-0.1, -0.05) is 85.1 Å². The van der Waals surface area contributed by atoms with Gasteiger partial charge in [0.1, 0.15) is 12.4 Å². The molecule has 0 aromatic rings. The third kappa shape index (κ3) is 8.90. The summed E-state index contributed by atoms with van der Waals surface area (Å²) >= 11 is 0. The molecule has 1 N–H and O–H groups in total. The maximum absolute atomic E-state index is 13.9. The van der Waals surface area contributed by atoms with Gasteiger partial charge >= 0.3 is 5.97 Å².